The van der Waals surface area contributed by atoms with Gasteiger partial charge in [-0.05, 0) is 53.6 Å². The van der Waals surface area contributed by atoms with Gasteiger partial charge in [0.2, 0.25) is 0 Å². The Balaban J connectivity index is 2.50. The third kappa shape index (κ3) is 6.36. The molecule has 1 amide bonds. The SMILES string of the molecule is CCCCOc1ccc(C(=O)NCCN(CC)CC)cc1Br. The second kappa shape index (κ2) is 10.6. The molecule has 0 atom stereocenters. The minimum atomic E-state index is -0.0482. The highest BCUT2D eigenvalue weighted by Gasteiger charge is 2.09. The Morgan fingerprint density at radius 2 is 2.00 bits per heavy atom. The molecular formula is C17H27BrN2O2. The predicted octanol–water partition coefficient (Wildman–Crippen LogP) is 3.70. The number of carbonyl (C=O) groups excluding carboxylic acids is 1. The van der Waals surface area contributed by atoms with Gasteiger partial charge in [-0.25, -0.2) is 0 Å². The Bertz CT molecular complexity index is 462. The Labute approximate surface area is 142 Å². The third-order valence-electron chi connectivity index (χ3n) is 3.56. The lowest BCUT2D eigenvalue weighted by Gasteiger charge is -2.18. The minimum Gasteiger partial charge on any atom is -0.492 e. The lowest BCUT2D eigenvalue weighted by Crippen LogP contribution is -2.34. The van der Waals surface area contributed by atoms with Crippen molar-refractivity contribution >= 4 is 21.8 Å². The van der Waals surface area contributed by atoms with Crippen LogP contribution in [0.2, 0.25) is 0 Å². The fourth-order valence-corrected chi connectivity index (χ4v) is 2.55. The number of carbonyl (C=O) groups is 1. The van der Waals surface area contributed by atoms with Crippen LogP contribution in [0.25, 0.3) is 0 Å². The quantitative estimate of drug-likeness (QED) is 0.638. The molecule has 0 spiro atoms. The number of benzene rings is 1. The summed E-state index contributed by atoms with van der Waals surface area (Å²) in [4.78, 5) is 14.4. The van der Waals surface area contributed by atoms with Crippen molar-refractivity contribution < 1.29 is 9.53 Å². The molecule has 1 aromatic rings. The molecule has 1 aromatic carbocycles. The number of ether oxygens (including phenoxy) is 1. The van der Waals surface area contributed by atoms with Crippen LogP contribution in [0.3, 0.4) is 0 Å². The highest BCUT2D eigenvalue weighted by atomic mass is 79.9. The molecule has 0 heterocycles. The van der Waals surface area contributed by atoms with Crippen molar-refractivity contribution in [2.45, 2.75) is 33.6 Å². The first-order chi connectivity index (χ1) is 10.6. The van der Waals surface area contributed by atoms with Crippen LogP contribution < -0.4 is 10.1 Å². The van der Waals surface area contributed by atoms with E-state index in [9.17, 15) is 4.79 Å². The predicted molar refractivity (Wildman–Crippen MR) is 94.7 cm³/mol. The van der Waals surface area contributed by atoms with Gasteiger partial charge in [0.05, 0.1) is 11.1 Å². The molecule has 0 unspecified atom stereocenters. The summed E-state index contributed by atoms with van der Waals surface area (Å²) >= 11 is 3.47. The number of rotatable bonds is 10. The fraction of sp³-hybridized carbons (Fsp3) is 0.588. The number of halogens is 1. The van der Waals surface area contributed by atoms with Crippen LogP contribution in [-0.2, 0) is 0 Å². The topological polar surface area (TPSA) is 41.6 Å². The molecule has 0 radical (unpaired) electrons. The number of likely N-dealkylation sites (N-methyl/N-ethyl adjacent to an activating group) is 1. The van der Waals surface area contributed by atoms with E-state index in [4.69, 9.17) is 4.74 Å². The van der Waals surface area contributed by atoms with Crippen LogP contribution in [0, 0.1) is 0 Å². The molecule has 0 saturated carbocycles. The van der Waals surface area contributed by atoms with E-state index in [2.05, 4.69) is 46.9 Å². The first-order valence-corrected chi connectivity index (χ1v) is 8.84. The maximum atomic E-state index is 12.1. The van der Waals surface area contributed by atoms with Gasteiger partial charge in [0.25, 0.3) is 5.91 Å². The molecule has 4 nitrogen and oxygen atoms in total. The summed E-state index contributed by atoms with van der Waals surface area (Å²) in [6.45, 7) is 10.6. The van der Waals surface area contributed by atoms with E-state index in [1.165, 1.54) is 0 Å². The van der Waals surface area contributed by atoms with Crippen molar-refractivity contribution in [2.75, 3.05) is 32.8 Å². The van der Waals surface area contributed by atoms with Crippen LogP contribution in [0.1, 0.15) is 44.0 Å². The highest BCUT2D eigenvalue weighted by Crippen LogP contribution is 2.26. The number of hydrogen-bond acceptors (Lipinski definition) is 3. The van der Waals surface area contributed by atoms with Gasteiger partial charge >= 0.3 is 0 Å². The van der Waals surface area contributed by atoms with Gasteiger partial charge in [0.1, 0.15) is 5.75 Å². The van der Waals surface area contributed by atoms with Gasteiger partial charge in [0, 0.05) is 18.7 Å². The van der Waals surface area contributed by atoms with Gasteiger partial charge in [0.15, 0.2) is 0 Å². The zero-order chi connectivity index (χ0) is 16.4. The molecule has 22 heavy (non-hydrogen) atoms. The second-order valence-corrected chi connectivity index (χ2v) is 5.98. The summed E-state index contributed by atoms with van der Waals surface area (Å²) in [5.41, 5.74) is 0.647. The monoisotopic (exact) mass is 370 g/mol. The maximum Gasteiger partial charge on any atom is 0.251 e. The van der Waals surface area contributed by atoms with E-state index in [-0.39, 0.29) is 5.91 Å². The van der Waals surface area contributed by atoms with Crippen LogP contribution >= 0.6 is 15.9 Å². The first kappa shape index (κ1) is 19.0. The zero-order valence-corrected chi connectivity index (χ0v) is 15.4. The minimum absolute atomic E-state index is 0.0482. The molecule has 0 fully saturated rings. The highest BCUT2D eigenvalue weighted by molar-refractivity contribution is 9.10. The first-order valence-electron chi connectivity index (χ1n) is 8.05. The lowest BCUT2D eigenvalue weighted by atomic mass is 10.2. The summed E-state index contributed by atoms with van der Waals surface area (Å²) in [6, 6.07) is 5.46. The van der Waals surface area contributed by atoms with Crippen molar-refractivity contribution in [2.24, 2.45) is 0 Å². The van der Waals surface area contributed by atoms with Crippen molar-refractivity contribution in [3.05, 3.63) is 28.2 Å². The van der Waals surface area contributed by atoms with Crippen molar-refractivity contribution in [1.29, 1.82) is 0 Å². The molecular weight excluding hydrogens is 344 g/mol. The normalized spacial score (nSPS) is 10.8. The number of unbranched alkanes of at least 4 members (excludes halogenated alkanes) is 1. The number of nitrogens with one attached hydrogen (secondary N) is 1. The van der Waals surface area contributed by atoms with Crippen LogP contribution in [0.15, 0.2) is 22.7 Å². The fourth-order valence-electron chi connectivity index (χ4n) is 2.06. The van der Waals surface area contributed by atoms with Crippen molar-refractivity contribution in [3.8, 4) is 5.75 Å². The molecule has 0 aliphatic carbocycles. The van der Waals surface area contributed by atoms with E-state index in [1.807, 2.05) is 12.1 Å². The van der Waals surface area contributed by atoms with E-state index in [0.717, 1.165) is 42.7 Å². The number of hydrogen-bond donors (Lipinski definition) is 1. The molecule has 0 aromatic heterocycles. The second-order valence-electron chi connectivity index (χ2n) is 5.13. The van der Waals surface area contributed by atoms with E-state index in [0.29, 0.717) is 18.7 Å². The van der Waals surface area contributed by atoms with Crippen molar-refractivity contribution in [1.82, 2.24) is 10.2 Å². The summed E-state index contributed by atoms with van der Waals surface area (Å²) in [5.74, 6) is 0.737. The Hall–Kier alpha value is -1.07. The summed E-state index contributed by atoms with van der Waals surface area (Å²) in [7, 11) is 0. The van der Waals surface area contributed by atoms with Crippen LogP contribution in [0.5, 0.6) is 5.75 Å². The number of nitrogens with zero attached hydrogens (tertiary/aromatic N) is 1. The molecule has 0 aliphatic rings. The van der Waals surface area contributed by atoms with Crippen LogP contribution in [0.4, 0.5) is 0 Å². The molecule has 5 heteroatoms. The largest absolute Gasteiger partial charge is 0.492 e. The summed E-state index contributed by atoms with van der Waals surface area (Å²) < 4.78 is 6.49. The Morgan fingerprint density at radius 1 is 1.27 bits per heavy atom. The average Bonchev–Trinajstić information content (AvgIpc) is 2.53. The van der Waals surface area contributed by atoms with E-state index >= 15 is 0 Å². The van der Waals surface area contributed by atoms with E-state index in [1.54, 1.807) is 6.07 Å². The lowest BCUT2D eigenvalue weighted by molar-refractivity contribution is 0.0949. The zero-order valence-electron chi connectivity index (χ0n) is 13.8. The van der Waals surface area contributed by atoms with E-state index < -0.39 is 0 Å². The Morgan fingerprint density at radius 3 is 2.59 bits per heavy atom. The van der Waals surface area contributed by atoms with Crippen LogP contribution in [-0.4, -0.2) is 43.6 Å². The summed E-state index contributed by atoms with van der Waals surface area (Å²) in [5, 5.41) is 2.95. The number of amides is 1. The molecule has 0 aliphatic heterocycles. The molecule has 0 bridgehead atoms. The third-order valence-corrected chi connectivity index (χ3v) is 4.18. The van der Waals surface area contributed by atoms with Crippen molar-refractivity contribution in [3.63, 3.8) is 0 Å². The van der Waals surface area contributed by atoms with Gasteiger partial charge in [-0.1, -0.05) is 27.2 Å². The average molecular weight is 371 g/mol. The summed E-state index contributed by atoms with van der Waals surface area (Å²) in [6.07, 6.45) is 2.13. The van der Waals surface area contributed by atoms with Gasteiger partial charge in [-0.2, -0.15) is 0 Å². The standard InChI is InChI=1S/C17H27BrN2O2/c1-4-7-12-22-16-9-8-14(13-15(16)18)17(21)19-10-11-20(5-2)6-3/h8-9,13H,4-7,10-12H2,1-3H3,(H,19,21). The van der Waals surface area contributed by atoms with Gasteiger partial charge in [-0.15, -0.1) is 0 Å². The molecule has 124 valence electrons. The van der Waals surface area contributed by atoms with Gasteiger partial charge < -0.3 is 15.0 Å². The maximum absolute atomic E-state index is 12.1. The molecule has 1 rings (SSSR count). The molecule has 0 saturated heterocycles. The smallest absolute Gasteiger partial charge is 0.251 e. The van der Waals surface area contributed by atoms with Gasteiger partial charge in [-0.3, -0.25) is 4.79 Å². The Kier molecular flexibility index (Phi) is 9.16. The molecule has 1 N–H and O–H groups in total.